The molecule has 0 atom stereocenters. The van der Waals surface area contributed by atoms with Crippen LogP contribution in [0, 0.1) is 0 Å². The molecule has 3 heteroatoms. The molecule has 3 rings (SSSR count). The summed E-state index contributed by atoms with van der Waals surface area (Å²) in [6, 6.07) is 14.3. The topological polar surface area (TPSA) is 38.1 Å². The number of nitrogens with one attached hydrogen (secondary N) is 1. The van der Waals surface area contributed by atoms with Gasteiger partial charge in [0, 0.05) is 17.8 Å². The van der Waals surface area contributed by atoms with E-state index in [2.05, 4.69) is 42.3 Å². The molecule has 0 aliphatic heterocycles. The van der Waals surface area contributed by atoms with Crippen molar-refractivity contribution in [1.29, 1.82) is 0 Å². The lowest BCUT2D eigenvalue weighted by molar-refractivity contribution is 0.620. The molecule has 1 aromatic heterocycles. The van der Waals surface area contributed by atoms with Gasteiger partial charge in [0.1, 0.15) is 5.52 Å². The van der Waals surface area contributed by atoms with E-state index in [-0.39, 0.29) is 0 Å². The van der Waals surface area contributed by atoms with Gasteiger partial charge in [0.15, 0.2) is 5.58 Å². The van der Waals surface area contributed by atoms with Crippen LogP contribution >= 0.6 is 0 Å². The minimum atomic E-state index is 0.674. The molecule has 0 fully saturated rings. The normalized spacial score (nSPS) is 10.9. The van der Waals surface area contributed by atoms with Gasteiger partial charge >= 0.3 is 0 Å². The maximum atomic E-state index is 5.85. The Hall–Kier alpha value is -2.29. The van der Waals surface area contributed by atoms with E-state index < -0.39 is 0 Å². The predicted molar refractivity (Wildman–Crippen MR) is 83.0 cm³/mol. The van der Waals surface area contributed by atoms with Crippen LogP contribution in [-0.2, 0) is 6.42 Å². The number of hydrogen-bond acceptors (Lipinski definition) is 3. The maximum absolute atomic E-state index is 5.85. The van der Waals surface area contributed by atoms with Crippen LogP contribution in [0.2, 0.25) is 0 Å². The number of hydrogen-bond donors (Lipinski definition) is 1. The summed E-state index contributed by atoms with van der Waals surface area (Å²) >= 11 is 0. The number of aryl methyl sites for hydroxylation is 1. The average Bonchev–Trinajstić information content (AvgIpc) is 2.90. The third-order valence-corrected chi connectivity index (χ3v) is 3.35. The van der Waals surface area contributed by atoms with Gasteiger partial charge < -0.3 is 9.73 Å². The Kier molecular flexibility index (Phi) is 3.42. The van der Waals surface area contributed by atoms with Crippen LogP contribution in [0.3, 0.4) is 0 Å². The first-order chi connectivity index (χ1) is 9.80. The zero-order valence-electron chi connectivity index (χ0n) is 11.8. The van der Waals surface area contributed by atoms with Crippen molar-refractivity contribution in [1.82, 2.24) is 4.98 Å². The second-order valence-electron chi connectivity index (χ2n) is 4.79. The number of aromatic nitrogens is 1. The van der Waals surface area contributed by atoms with Gasteiger partial charge in [-0.2, -0.15) is 0 Å². The Balaban J connectivity index is 2.03. The van der Waals surface area contributed by atoms with Crippen molar-refractivity contribution < 1.29 is 4.42 Å². The van der Waals surface area contributed by atoms with Crippen LogP contribution < -0.4 is 5.32 Å². The molecule has 2 aromatic carbocycles. The fraction of sp³-hybridized carbons (Fsp3) is 0.235. The van der Waals surface area contributed by atoms with Crippen molar-refractivity contribution in [2.45, 2.75) is 20.3 Å². The van der Waals surface area contributed by atoms with E-state index in [1.54, 1.807) is 0 Å². The molecule has 1 N–H and O–H groups in total. The lowest BCUT2D eigenvalue weighted by atomic mass is 10.1. The second kappa shape index (κ2) is 5.37. The van der Waals surface area contributed by atoms with E-state index in [0.717, 1.165) is 35.3 Å². The third-order valence-electron chi connectivity index (χ3n) is 3.35. The SMILES string of the molecule is CCNc1cccc(-c2nc3cc(CC)ccc3o2)c1. The van der Waals surface area contributed by atoms with E-state index in [4.69, 9.17) is 4.42 Å². The first kappa shape index (κ1) is 12.7. The van der Waals surface area contributed by atoms with E-state index in [0.29, 0.717) is 5.89 Å². The number of fused-ring (bicyclic) bond motifs is 1. The maximum Gasteiger partial charge on any atom is 0.227 e. The molecule has 102 valence electrons. The van der Waals surface area contributed by atoms with Crippen LogP contribution in [-0.4, -0.2) is 11.5 Å². The summed E-state index contributed by atoms with van der Waals surface area (Å²) in [5.74, 6) is 0.674. The molecule has 0 unspecified atom stereocenters. The van der Waals surface area contributed by atoms with Crippen molar-refractivity contribution in [3.05, 3.63) is 48.0 Å². The largest absolute Gasteiger partial charge is 0.436 e. The van der Waals surface area contributed by atoms with Gasteiger partial charge in [0.2, 0.25) is 5.89 Å². The summed E-state index contributed by atoms with van der Waals surface area (Å²) in [5, 5.41) is 3.30. The van der Waals surface area contributed by atoms with Crippen molar-refractivity contribution >= 4 is 16.8 Å². The molecule has 3 nitrogen and oxygen atoms in total. The van der Waals surface area contributed by atoms with Crippen LogP contribution in [0.4, 0.5) is 5.69 Å². The van der Waals surface area contributed by atoms with Gasteiger partial charge in [0.25, 0.3) is 0 Å². The summed E-state index contributed by atoms with van der Waals surface area (Å²) in [5.41, 5.74) is 5.12. The second-order valence-corrected chi connectivity index (χ2v) is 4.79. The Morgan fingerprint density at radius 3 is 2.80 bits per heavy atom. The molecule has 0 amide bonds. The van der Waals surface area contributed by atoms with Crippen molar-refractivity contribution in [3.8, 4) is 11.5 Å². The molecule has 1 heterocycles. The van der Waals surface area contributed by atoms with Crippen molar-refractivity contribution in [2.75, 3.05) is 11.9 Å². The fourth-order valence-corrected chi connectivity index (χ4v) is 2.28. The summed E-state index contributed by atoms with van der Waals surface area (Å²) in [6.45, 7) is 5.12. The minimum absolute atomic E-state index is 0.674. The molecule has 20 heavy (non-hydrogen) atoms. The van der Waals surface area contributed by atoms with Gasteiger partial charge in [-0.1, -0.05) is 19.1 Å². The Labute approximate surface area is 118 Å². The zero-order valence-corrected chi connectivity index (χ0v) is 11.8. The zero-order chi connectivity index (χ0) is 13.9. The van der Waals surface area contributed by atoms with Crippen LogP contribution in [0.1, 0.15) is 19.4 Å². The highest BCUT2D eigenvalue weighted by Gasteiger charge is 2.09. The molecule has 0 spiro atoms. The minimum Gasteiger partial charge on any atom is -0.436 e. The highest BCUT2D eigenvalue weighted by Crippen LogP contribution is 2.26. The lowest BCUT2D eigenvalue weighted by Crippen LogP contribution is -1.95. The van der Waals surface area contributed by atoms with Crippen molar-refractivity contribution in [2.24, 2.45) is 0 Å². The molecular weight excluding hydrogens is 248 g/mol. The monoisotopic (exact) mass is 266 g/mol. The van der Waals surface area contributed by atoms with E-state index >= 15 is 0 Å². The standard InChI is InChI=1S/C17H18N2O/c1-3-12-8-9-16-15(10-12)19-17(20-16)13-6-5-7-14(11-13)18-4-2/h5-11,18H,3-4H2,1-2H3. The average molecular weight is 266 g/mol. The Bertz CT molecular complexity index is 731. The smallest absolute Gasteiger partial charge is 0.227 e. The first-order valence-electron chi connectivity index (χ1n) is 7.04. The summed E-state index contributed by atoms with van der Waals surface area (Å²) in [7, 11) is 0. The molecule has 3 aromatic rings. The number of rotatable bonds is 4. The van der Waals surface area contributed by atoms with Crippen LogP contribution in [0.15, 0.2) is 46.9 Å². The molecule has 0 aliphatic rings. The highest BCUT2D eigenvalue weighted by atomic mass is 16.3. The lowest BCUT2D eigenvalue weighted by Gasteiger charge is -2.03. The summed E-state index contributed by atoms with van der Waals surface area (Å²) in [4.78, 5) is 4.60. The summed E-state index contributed by atoms with van der Waals surface area (Å²) < 4.78 is 5.85. The van der Waals surface area contributed by atoms with Crippen LogP contribution in [0.25, 0.3) is 22.6 Å². The molecule has 0 aliphatic carbocycles. The van der Waals surface area contributed by atoms with Crippen molar-refractivity contribution in [3.63, 3.8) is 0 Å². The Morgan fingerprint density at radius 1 is 1.10 bits per heavy atom. The van der Waals surface area contributed by atoms with Gasteiger partial charge in [-0.05, 0) is 49.2 Å². The number of anilines is 1. The van der Waals surface area contributed by atoms with E-state index in [1.807, 2.05) is 24.3 Å². The number of oxazole rings is 1. The molecule has 0 bridgehead atoms. The quantitative estimate of drug-likeness (QED) is 0.756. The molecule has 0 saturated heterocycles. The number of benzene rings is 2. The number of nitrogens with zero attached hydrogens (tertiary/aromatic N) is 1. The predicted octanol–water partition coefficient (Wildman–Crippen LogP) is 4.49. The highest BCUT2D eigenvalue weighted by molar-refractivity contribution is 5.77. The van der Waals surface area contributed by atoms with Gasteiger partial charge in [-0.3, -0.25) is 0 Å². The molecule has 0 saturated carbocycles. The summed E-state index contributed by atoms with van der Waals surface area (Å²) in [6.07, 6.45) is 1.01. The molecular formula is C17H18N2O. The third kappa shape index (κ3) is 2.39. The van der Waals surface area contributed by atoms with Crippen LogP contribution in [0.5, 0.6) is 0 Å². The van der Waals surface area contributed by atoms with E-state index in [9.17, 15) is 0 Å². The van der Waals surface area contributed by atoms with Gasteiger partial charge in [0.05, 0.1) is 0 Å². The Morgan fingerprint density at radius 2 is 2.00 bits per heavy atom. The van der Waals surface area contributed by atoms with Gasteiger partial charge in [-0.15, -0.1) is 0 Å². The first-order valence-corrected chi connectivity index (χ1v) is 7.04. The van der Waals surface area contributed by atoms with E-state index in [1.165, 1.54) is 5.56 Å². The van der Waals surface area contributed by atoms with Gasteiger partial charge in [-0.25, -0.2) is 4.98 Å². The molecule has 0 radical (unpaired) electrons. The fourth-order valence-electron chi connectivity index (χ4n) is 2.28.